The molecule has 0 spiro atoms. The predicted molar refractivity (Wildman–Crippen MR) is 52.3 cm³/mol. The van der Waals surface area contributed by atoms with Gasteiger partial charge in [-0.1, -0.05) is 20.8 Å². The third-order valence-electron chi connectivity index (χ3n) is 1.95. The summed E-state index contributed by atoms with van der Waals surface area (Å²) >= 11 is 0. The van der Waals surface area contributed by atoms with Crippen LogP contribution in [0.2, 0.25) is 0 Å². The average molecular weight is 182 g/mol. The molecule has 74 valence electrons. The molecule has 0 radical (unpaired) electrons. The van der Waals surface area contributed by atoms with E-state index >= 15 is 0 Å². The van der Waals surface area contributed by atoms with Crippen molar-refractivity contribution in [2.75, 3.05) is 6.54 Å². The molecule has 1 rings (SSSR count). The van der Waals surface area contributed by atoms with Crippen molar-refractivity contribution in [1.82, 2.24) is 20.7 Å². The van der Waals surface area contributed by atoms with Gasteiger partial charge in [-0.05, 0) is 18.9 Å². The van der Waals surface area contributed by atoms with E-state index in [0.29, 0.717) is 12.0 Å². The van der Waals surface area contributed by atoms with Crippen LogP contribution in [-0.4, -0.2) is 22.0 Å². The first-order valence-corrected chi connectivity index (χ1v) is 4.83. The number of aromatic amines is 1. The highest BCUT2D eigenvalue weighted by molar-refractivity contribution is 4.99. The second kappa shape index (κ2) is 4.97. The molecule has 2 N–H and O–H groups in total. The summed E-state index contributed by atoms with van der Waals surface area (Å²) < 4.78 is 0. The fourth-order valence-corrected chi connectivity index (χ4v) is 1.40. The predicted octanol–water partition coefficient (Wildman–Crippen LogP) is 1.50. The standard InChI is InChI=1S/C9H18N4/c1-4-10-8(5-7(2)3)9-6-11-13-12-9/h6-8,10H,4-5H2,1-3H3,(H,11,12,13). The third kappa shape index (κ3) is 3.14. The maximum atomic E-state index is 4.09. The van der Waals surface area contributed by atoms with Crippen molar-refractivity contribution >= 4 is 0 Å². The first-order chi connectivity index (χ1) is 6.24. The van der Waals surface area contributed by atoms with Gasteiger partial charge in [0.25, 0.3) is 0 Å². The average Bonchev–Trinajstić information content (AvgIpc) is 2.54. The van der Waals surface area contributed by atoms with Gasteiger partial charge in [-0.25, -0.2) is 0 Å². The van der Waals surface area contributed by atoms with E-state index in [1.807, 2.05) is 0 Å². The normalized spacial score (nSPS) is 13.5. The number of aromatic nitrogens is 3. The van der Waals surface area contributed by atoms with E-state index in [4.69, 9.17) is 0 Å². The van der Waals surface area contributed by atoms with Crippen LogP contribution in [0.15, 0.2) is 6.20 Å². The second-order valence-corrected chi connectivity index (χ2v) is 3.63. The van der Waals surface area contributed by atoms with E-state index in [0.717, 1.165) is 18.7 Å². The van der Waals surface area contributed by atoms with Gasteiger partial charge in [0.1, 0.15) is 0 Å². The van der Waals surface area contributed by atoms with Crippen LogP contribution in [0.1, 0.15) is 38.9 Å². The zero-order valence-corrected chi connectivity index (χ0v) is 8.54. The van der Waals surface area contributed by atoms with Gasteiger partial charge in [-0.15, -0.1) is 0 Å². The lowest BCUT2D eigenvalue weighted by atomic mass is 10.0. The highest BCUT2D eigenvalue weighted by Gasteiger charge is 2.13. The van der Waals surface area contributed by atoms with Crippen LogP contribution in [0.25, 0.3) is 0 Å². The summed E-state index contributed by atoms with van der Waals surface area (Å²) in [6, 6.07) is 0.337. The van der Waals surface area contributed by atoms with E-state index < -0.39 is 0 Å². The molecule has 1 heterocycles. The summed E-state index contributed by atoms with van der Waals surface area (Å²) in [4.78, 5) is 0. The van der Waals surface area contributed by atoms with Crippen molar-refractivity contribution in [3.05, 3.63) is 11.9 Å². The molecule has 0 bridgehead atoms. The molecule has 1 unspecified atom stereocenters. The molecule has 0 aliphatic rings. The van der Waals surface area contributed by atoms with Crippen LogP contribution in [0.5, 0.6) is 0 Å². The van der Waals surface area contributed by atoms with Crippen molar-refractivity contribution in [1.29, 1.82) is 0 Å². The molecule has 1 atom stereocenters. The van der Waals surface area contributed by atoms with Crippen LogP contribution in [0, 0.1) is 5.92 Å². The third-order valence-corrected chi connectivity index (χ3v) is 1.95. The minimum atomic E-state index is 0.337. The minimum absolute atomic E-state index is 0.337. The van der Waals surface area contributed by atoms with Crippen LogP contribution < -0.4 is 5.32 Å². The molecule has 0 amide bonds. The first-order valence-electron chi connectivity index (χ1n) is 4.83. The van der Waals surface area contributed by atoms with Gasteiger partial charge in [-0.3, -0.25) is 0 Å². The zero-order valence-electron chi connectivity index (χ0n) is 8.54. The van der Waals surface area contributed by atoms with Gasteiger partial charge in [0.2, 0.25) is 0 Å². The second-order valence-electron chi connectivity index (χ2n) is 3.63. The van der Waals surface area contributed by atoms with Crippen molar-refractivity contribution in [2.24, 2.45) is 5.92 Å². The Kier molecular flexibility index (Phi) is 3.89. The minimum Gasteiger partial charge on any atom is -0.309 e. The largest absolute Gasteiger partial charge is 0.309 e. The highest BCUT2D eigenvalue weighted by Crippen LogP contribution is 2.17. The molecule has 1 aromatic rings. The van der Waals surface area contributed by atoms with Gasteiger partial charge in [-0.2, -0.15) is 15.4 Å². The molecule has 13 heavy (non-hydrogen) atoms. The maximum absolute atomic E-state index is 4.09. The van der Waals surface area contributed by atoms with Crippen LogP contribution in [0.3, 0.4) is 0 Å². The van der Waals surface area contributed by atoms with E-state index in [-0.39, 0.29) is 0 Å². The number of hydrogen-bond acceptors (Lipinski definition) is 3. The number of nitrogens with one attached hydrogen (secondary N) is 2. The molecule has 0 saturated heterocycles. The Balaban J connectivity index is 2.57. The zero-order chi connectivity index (χ0) is 9.68. The molecule has 1 aromatic heterocycles. The summed E-state index contributed by atoms with van der Waals surface area (Å²) in [5, 5.41) is 13.9. The Morgan fingerprint density at radius 3 is 2.77 bits per heavy atom. The lowest BCUT2D eigenvalue weighted by molar-refractivity contribution is 0.430. The smallest absolute Gasteiger partial charge is 0.0993 e. The summed E-state index contributed by atoms with van der Waals surface area (Å²) in [6.07, 6.45) is 2.88. The van der Waals surface area contributed by atoms with Crippen molar-refractivity contribution in [3.63, 3.8) is 0 Å². The lowest BCUT2D eigenvalue weighted by Gasteiger charge is -2.16. The van der Waals surface area contributed by atoms with Gasteiger partial charge in [0, 0.05) is 0 Å². The Bertz CT molecular complexity index is 218. The van der Waals surface area contributed by atoms with Gasteiger partial charge < -0.3 is 5.32 Å². The lowest BCUT2D eigenvalue weighted by Crippen LogP contribution is -2.22. The Morgan fingerprint density at radius 2 is 2.31 bits per heavy atom. The van der Waals surface area contributed by atoms with Crippen molar-refractivity contribution in [3.8, 4) is 0 Å². The fraction of sp³-hybridized carbons (Fsp3) is 0.778. The quantitative estimate of drug-likeness (QED) is 0.725. The van der Waals surface area contributed by atoms with Crippen LogP contribution in [0.4, 0.5) is 0 Å². The van der Waals surface area contributed by atoms with Crippen LogP contribution >= 0.6 is 0 Å². The number of nitrogens with zero attached hydrogens (tertiary/aromatic N) is 2. The maximum Gasteiger partial charge on any atom is 0.0993 e. The SMILES string of the molecule is CCNC(CC(C)C)c1cn[nH]n1. The molecule has 0 aliphatic heterocycles. The molecule has 0 aromatic carbocycles. The van der Waals surface area contributed by atoms with Crippen molar-refractivity contribution in [2.45, 2.75) is 33.2 Å². The summed E-state index contributed by atoms with van der Waals surface area (Å²) in [6.45, 7) is 7.49. The van der Waals surface area contributed by atoms with Gasteiger partial charge >= 0.3 is 0 Å². The molecule has 0 aliphatic carbocycles. The first kappa shape index (κ1) is 10.2. The molecule has 4 nitrogen and oxygen atoms in total. The number of H-pyrrole nitrogens is 1. The monoisotopic (exact) mass is 182 g/mol. The molecule has 0 saturated carbocycles. The van der Waals surface area contributed by atoms with E-state index in [9.17, 15) is 0 Å². The van der Waals surface area contributed by atoms with E-state index in [1.165, 1.54) is 0 Å². The summed E-state index contributed by atoms with van der Waals surface area (Å²) in [7, 11) is 0. The number of rotatable bonds is 5. The van der Waals surface area contributed by atoms with Gasteiger partial charge in [0.15, 0.2) is 0 Å². The van der Waals surface area contributed by atoms with Crippen LogP contribution in [-0.2, 0) is 0 Å². The summed E-state index contributed by atoms with van der Waals surface area (Å²) in [5.41, 5.74) is 1.01. The van der Waals surface area contributed by atoms with Gasteiger partial charge in [0.05, 0.1) is 17.9 Å². The molecule has 0 fully saturated rings. The summed E-state index contributed by atoms with van der Waals surface area (Å²) in [5.74, 6) is 0.667. The Morgan fingerprint density at radius 1 is 1.54 bits per heavy atom. The Labute approximate surface area is 79.1 Å². The topological polar surface area (TPSA) is 53.6 Å². The fourth-order valence-electron chi connectivity index (χ4n) is 1.40. The van der Waals surface area contributed by atoms with E-state index in [2.05, 4.69) is 41.5 Å². The van der Waals surface area contributed by atoms with Crippen molar-refractivity contribution < 1.29 is 0 Å². The Hall–Kier alpha value is -0.900. The number of hydrogen-bond donors (Lipinski definition) is 2. The molecule has 4 heteroatoms. The molecular formula is C9H18N4. The van der Waals surface area contributed by atoms with E-state index in [1.54, 1.807) is 6.20 Å². The molecular weight excluding hydrogens is 164 g/mol. The highest BCUT2D eigenvalue weighted by atomic mass is 15.3.